The van der Waals surface area contributed by atoms with E-state index in [2.05, 4.69) is 31.0 Å². The molecule has 2 nitrogen and oxygen atoms in total. The van der Waals surface area contributed by atoms with Gasteiger partial charge in [0.05, 0.1) is 0 Å². The number of rotatable bonds is 5. The monoisotopic (exact) mass is 252 g/mol. The van der Waals surface area contributed by atoms with E-state index >= 15 is 0 Å². The summed E-state index contributed by atoms with van der Waals surface area (Å²) in [6, 6.07) is 0.773. The van der Waals surface area contributed by atoms with E-state index < -0.39 is 0 Å². The second-order valence-electron chi connectivity index (χ2n) is 6.89. The van der Waals surface area contributed by atoms with Gasteiger partial charge in [0, 0.05) is 12.6 Å². The summed E-state index contributed by atoms with van der Waals surface area (Å²) in [5.74, 6) is 2.57. The Kier molecular flexibility index (Phi) is 5.50. The van der Waals surface area contributed by atoms with Gasteiger partial charge < -0.3 is 10.2 Å². The van der Waals surface area contributed by atoms with Crippen molar-refractivity contribution < 1.29 is 0 Å². The third-order valence-corrected chi connectivity index (χ3v) is 5.20. The normalized spacial score (nSPS) is 35.8. The quantitative estimate of drug-likeness (QED) is 0.809. The predicted molar refractivity (Wildman–Crippen MR) is 78.8 cm³/mol. The Balaban J connectivity index is 1.66. The highest BCUT2D eigenvalue weighted by atomic mass is 15.1. The van der Waals surface area contributed by atoms with Gasteiger partial charge in [-0.2, -0.15) is 0 Å². The van der Waals surface area contributed by atoms with Gasteiger partial charge in [-0.15, -0.1) is 0 Å². The van der Waals surface area contributed by atoms with E-state index in [4.69, 9.17) is 0 Å². The Morgan fingerprint density at radius 3 is 2.56 bits per heavy atom. The fourth-order valence-electron chi connectivity index (χ4n) is 3.69. The van der Waals surface area contributed by atoms with E-state index in [1.807, 2.05) is 0 Å². The molecule has 0 spiro atoms. The fourth-order valence-corrected chi connectivity index (χ4v) is 3.69. The van der Waals surface area contributed by atoms with Crippen LogP contribution in [0.2, 0.25) is 0 Å². The third kappa shape index (κ3) is 3.96. The maximum Gasteiger partial charge on any atom is 0.00953 e. The van der Waals surface area contributed by atoms with Crippen molar-refractivity contribution in [3.8, 4) is 0 Å². The van der Waals surface area contributed by atoms with E-state index in [1.165, 1.54) is 58.3 Å². The van der Waals surface area contributed by atoms with Crippen LogP contribution in [0.3, 0.4) is 0 Å². The molecule has 4 atom stereocenters. The van der Waals surface area contributed by atoms with Crippen LogP contribution in [0, 0.1) is 17.8 Å². The molecule has 0 radical (unpaired) electrons. The molecule has 1 N–H and O–H groups in total. The van der Waals surface area contributed by atoms with Gasteiger partial charge in [0.25, 0.3) is 0 Å². The molecule has 1 saturated carbocycles. The van der Waals surface area contributed by atoms with Crippen molar-refractivity contribution in [2.45, 2.75) is 58.9 Å². The Morgan fingerprint density at radius 1 is 1.11 bits per heavy atom. The summed E-state index contributed by atoms with van der Waals surface area (Å²) in [7, 11) is 0. The summed E-state index contributed by atoms with van der Waals surface area (Å²) in [6.45, 7) is 12.4. The highest BCUT2D eigenvalue weighted by molar-refractivity contribution is 4.83. The molecule has 1 aliphatic heterocycles. The lowest BCUT2D eigenvalue weighted by Crippen LogP contribution is -2.43. The van der Waals surface area contributed by atoms with Crippen LogP contribution in [0.5, 0.6) is 0 Å². The summed E-state index contributed by atoms with van der Waals surface area (Å²) < 4.78 is 0. The van der Waals surface area contributed by atoms with Gasteiger partial charge in [0.2, 0.25) is 0 Å². The standard InChI is InChI=1S/C16H32N2/c1-13(12-18-9-4-5-10-18)11-17-16-8-6-7-14(2)15(16)3/h13-17H,4-12H2,1-3H3. The van der Waals surface area contributed by atoms with Crippen LogP contribution in [-0.2, 0) is 0 Å². The summed E-state index contributed by atoms with van der Waals surface area (Å²) in [6.07, 6.45) is 7.07. The SMILES string of the molecule is CC(CNC1CCCC(C)C1C)CN1CCCC1. The average molecular weight is 252 g/mol. The van der Waals surface area contributed by atoms with Crippen LogP contribution in [0.15, 0.2) is 0 Å². The molecule has 1 aliphatic carbocycles. The summed E-state index contributed by atoms with van der Waals surface area (Å²) in [5.41, 5.74) is 0. The number of nitrogens with one attached hydrogen (secondary N) is 1. The van der Waals surface area contributed by atoms with Crippen molar-refractivity contribution in [3.63, 3.8) is 0 Å². The molecule has 2 rings (SSSR count). The fraction of sp³-hybridized carbons (Fsp3) is 1.00. The topological polar surface area (TPSA) is 15.3 Å². The predicted octanol–water partition coefficient (Wildman–Crippen LogP) is 3.13. The zero-order valence-electron chi connectivity index (χ0n) is 12.6. The first kappa shape index (κ1) is 14.3. The molecular formula is C16H32N2. The maximum absolute atomic E-state index is 3.85. The van der Waals surface area contributed by atoms with E-state index in [0.717, 1.165) is 23.8 Å². The van der Waals surface area contributed by atoms with Gasteiger partial charge >= 0.3 is 0 Å². The summed E-state index contributed by atoms with van der Waals surface area (Å²) in [5, 5.41) is 3.85. The van der Waals surface area contributed by atoms with Gasteiger partial charge in [0.1, 0.15) is 0 Å². The van der Waals surface area contributed by atoms with Gasteiger partial charge in [-0.1, -0.05) is 33.6 Å². The molecule has 0 aromatic rings. The zero-order valence-corrected chi connectivity index (χ0v) is 12.6. The van der Waals surface area contributed by atoms with E-state index in [1.54, 1.807) is 0 Å². The molecule has 0 aromatic carbocycles. The van der Waals surface area contributed by atoms with Crippen LogP contribution in [0.4, 0.5) is 0 Å². The highest BCUT2D eigenvalue weighted by Crippen LogP contribution is 2.29. The molecule has 2 fully saturated rings. The number of hydrogen-bond donors (Lipinski definition) is 1. The molecule has 1 saturated heterocycles. The lowest BCUT2D eigenvalue weighted by atomic mass is 9.78. The molecule has 4 unspecified atom stereocenters. The number of nitrogens with zero attached hydrogens (tertiary/aromatic N) is 1. The molecule has 1 heterocycles. The van der Waals surface area contributed by atoms with Crippen molar-refractivity contribution in [1.82, 2.24) is 10.2 Å². The van der Waals surface area contributed by atoms with E-state index in [-0.39, 0.29) is 0 Å². The maximum atomic E-state index is 3.85. The molecule has 0 amide bonds. The van der Waals surface area contributed by atoms with E-state index in [0.29, 0.717) is 0 Å². The highest BCUT2D eigenvalue weighted by Gasteiger charge is 2.26. The van der Waals surface area contributed by atoms with Gasteiger partial charge in [-0.25, -0.2) is 0 Å². The second-order valence-corrected chi connectivity index (χ2v) is 6.89. The van der Waals surface area contributed by atoms with Crippen molar-refractivity contribution in [3.05, 3.63) is 0 Å². The summed E-state index contributed by atoms with van der Waals surface area (Å²) in [4.78, 5) is 2.64. The first-order chi connectivity index (χ1) is 8.66. The molecular weight excluding hydrogens is 220 g/mol. The van der Waals surface area contributed by atoms with Crippen LogP contribution in [0.25, 0.3) is 0 Å². The molecule has 106 valence electrons. The minimum absolute atomic E-state index is 0.773. The lowest BCUT2D eigenvalue weighted by Gasteiger charge is -2.35. The molecule has 2 heteroatoms. The van der Waals surface area contributed by atoms with Crippen LogP contribution in [0.1, 0.15) is 52.9 Å². The average Bonchev–Trinajstić information content (AvgIpc) is 2.84. The van der Waals surface area contributed by atoms with Gasteiger partial charge in [0.15, 0.2) is 0 Å². The number of hydrogen-bond acceptors (Lipinski definition) is 2. The summed E-state index contributed by atoms with van der Waals surface area (Å²) >= 11 is 0. The lowest BCUT2D eigenvalue weighted by molar-refractivity contribution is 0.194. The molecule has 0 aromatic heterocycles. The minimum Gasteiger partial charge on any atom is -0.313 e. The van der Waals surface area contributed by atoms with Crippen molar-refractivity contribution in [2.24, 2.45) is 17.8 Å². The Morgan fingerprint density at radius 2 is 1.83 bits per heavy atom. The zero-order chi connectivity index (χ0) is 13.0. The first-order valence-corrected chi connectivity index (χ1v) is 8.12. The molecule has 18 heavy (non-hydrogen) atoms. The molecule has 0 bridgehead atoms. The van der Waals surface area contributed by atoms with Gasteiger partial charge in [-0.05, 0) is 56.7 Å². The van der Waals surface area contributed by atoms with E-state index in [9.17, 15) is 0 Å². The Bertz CT molecular complexity index is 235. The minimum atomic E-state index is 0.773. The van der Waals surface area contributed by atoms with Crippen molar-refractivity contribution in [1.29, 1.82) is 0 Å². The van der Waals surface area contributed by atoms with Gasteiger partial charge in [-0.3, -0.25) is 0 Å². The van der Waals surface area contributed by atoms with Crippen molar-refractivity contribution >= 4 is 0 Å². The number of likely N-dealkylation sites (tertiary alicyclic amines) is 1. The van der Waals surface area contributed by atoms with Crippen LogP contribution < -0.4 is 5.32 Å². The second kappa shape index (κ2) is 6.91. The van der Waals surface area contributed by atoms with Crippen molar-refractivity contribution in [2.75, 3.05) is 26.2 Å². The molecule has 2 aliphatic rings. The third-order valence-electron chi connectivity index (χ3n) is 5.20. The Hall–Kier alpha value is -0.0800. The van der Waals surface area contributed by atoms with Crippen LogP contribution in [-0.4, -0.2) is 37.1 Å². The smallest absolute Gasteiger partial charge is 0.00953 e. The largest absolute Gasteiger partial charge is 0.313 e. The first-order valence-electron chi connectivity index (χ1n) is 8.12. The Labute approximate surface area is 114 Å². The van der Waals surface area contributed by atoms with Crippen LogP contribution >= 0.6 is 0 Å².